The van der Waals surface area contributed by atoms with Gasteiger partial charge in [-0.3, -0.25) is 9.59 Å². The van der Waals surface area contributed by atoms with Crippen molar-refractivity contribution in [3.05, 3.63) is 41.7 Å². The minimum atomic E-state index is -0.936. The van der Waals surface area contributed by atoms with E-state index < -0.39 is 17.8 Å². The number of nitrogens with one attached hydrogen (secondary N) is 1. The lowest BCUT2D eigenvalue weighted by atomic mass is 9.96. The first-order valence-corrected chi connectivity index (χ1v) is 6.34. The molecule has 1 aromatic rings. The predicted molar refractivity (Wildman–Crippen MR) is 74.4 cm³/mol. The van der Waals surface area contributed by atoms with Crippen LogP contribution in [-0.2, 0) is 9.59 Å². The summed E-state index contributed by atoms with van der Waals surface area (Å²) in [5.74, 6) is -2.41. The fourth-order valence-corrected chi connectivity index (χ4v) is 1.66. The van der Waals surface area contributed by atoms with Gasteiger partial charge in [0.05, 0.1) is 5.92 Å². The molecule has 0 spiro atoms. The van der Waals surface area contributed by atoms with Crippen LogP contribution in [0.3, 0.4) is 0 Å². The lowest BCUT2D eigenvalue weighted by molar-refractivity contribution is -0.143. The summed E-state index contributed by atoms with van der Waals surface area (Å²) in [5, 5.41) is 11.5. The van der Waals surface area contributed by atoms with Crippen molar-refractivity contribution < 1.29 is 19.1 Å². The number of hydrogen-bond acceptors (Lipinski definition) is 2. The molecule has 0 saturated carbocycles. The Balaban J connectivity index is 2.53. The zero-order chi connectivity index (χ0) is 15.1. The third-order valence-electron chi connectivity index (χ3n) is 2.89. The highest BCUT2D eigenvalue weighted by Crippen LogP contribution is 2.09. The third-order valence-corrected chi connectivity index (χ3v) is 2.89. The number of amides is 1. The van der Waals surface area contributed by atoms with Crippen LogP contribution in [-0.4, -0.2) is 23.5 Å². The average Bonchev–Trinajstić information content (AvgIpc) is 2.35. The van der Waals surface area contributed by atoms with E-state index in [2.05, 4.69) is 5.32 Å². The van der Waals surface area contributed by atoms with Gasteiger partial charge in [-0.2, -0.15) is 0 Å². The molecule has 4 nitrogen and oxygen atoms in total. The monoisotopic (exact) mass is 279 g/mol. The normalized spacial score (nSPS) is 12.6. The lowest BCUT2D eigenvalue weighted by Crippen LogP contribution is -2.34. The van der Waals surface area contributed by atoms with Crippen molar-refractivity contribution in [3.63, 3.8) is 0 Å². The van der Waals surface area contributed by atoms with E-state index in [4.69, 9.17) is 5.11 Å². The molecule has 0 aliphatic carbocycles. The van der Waals surface area contributed by atoms with Crippen LogP contribution >= 0.6 is 0 Å². The minimum absolute atomic E-state index is 0.0688. The van der Waals surface area contributed by atoms with Gasteiger partial charge >= 0.3 is 5.97 Å². The summed E-state index contributed by atoms with van der Waals surface area (Å²) < 4.78 is 12.9. The van der Waals surface area contributed by atoms with Crippen molar-refractivity contribution in [2.45, 2.75) is 13.8 Å². The Labute approximate surface area is 117 Å². The fraction of sp³-hybridized carbons (Fsp3) is 0.333. The molecule has 1 unspecified atom stereocenters. The zero-order valence-electron chi connectivity index (χ0n) is 11.5. The molecule has 0 saturated heterocycles. The Hall–Kier alpha value is -2.17. The van der Waals surface area contributed by atoms with Gasteiger partial charge in [0, 0.05) is 12.6 Å². The van der Waals surface area contributed by atoms with Crippen LogP contribution in [0.25, 0.3) is 6.08 Å². The van der Waals surface area contributed by atoms with Crippen LogP contribution in [0.4, 0.5) is 4.39 Å². The molecular formula is C15H18FNO3. The van der Waals surface area contributed by atoms with E-state index in [1.165, 1.54) is 24.3 Å². The van der Waals surface area contributed by atoms with Crippen molar-refractivity contribution >= 4 is 18.0 Å². The minimum Gasteiger partial charge on any atom is -0.481 e. The quantitative estimate of drug-likeness (QED) is 0.785. The Morgan fingerprint density at radius 2 is 2.10 bits per heavy atom. The summed E-state index contributed by atoms with van der Waals surface area (Å²) in [4.78, 5) is 22.5. The lowest BCUT2D eigenvalue weighted by Gasteiger charge is -2.15. The van der Waals surface area contributed by atoms with E-state index in [1.807, 2.05) is 0 Å². The molecule has 0 fully saturated rings. The zero-order valence-corrected chi connectivity index (χ0v) is 11.5. The second kappa shape index (κ2) is 7.43. The molecule has 0 radical (unpaired) electrons. The summed E-state index contributed by atoms with van der Waals surface area (Å²) >= 11 is 0. The van der Waals surface area contributed by atoms with Crippen LogP contribution in [0.15, 0.2) is 30.3 Å². The molecule has 108 valence electrons. The number of carboxylic acids is 1. The van der Waals surface area contributed by atoms with Gasteiger partial charge in [0.15, 0.2) is 0 Å². The summed E-state index contributed by atoms with van der Waals surface area (Å²) in [6.45, 7) is 3.64. The molecule has 0 aromatic heterocycles. The number of carbonyl (C=O) groups excluding carboxylic acids is 1. The van der Waals surface area contributed by atoms with Crippen LogP contribution in [0.2, 0.25) is 0 Å². The molecular weight excluding hydrogens is 261 g/mol. The van der Waals surface area contributed by atoms with Crippen molar-refractivity contribution in [2.75, 3.05) is 6.54 Å². The Morgan fingerprint density at radius 1 is 1.40 bits per heavy atom. The molecule has 1 rings (SSSR count). The van der Waals surface area contributed by atoms with Crippen LogP contribution in [0.5, 0.6) is 0 Å². The van der Waals surface area contributed by atoms with Crippen LogP contribution in [0.1, 0.15) is 19.4 Å². The van der Waals surface area contributed by atoms with E-state index in [1.54, 1.807) is 26.0 Å². The van der Waals surface area contributed by atoms with E-state index in [9.17, 15) is 14.0 Å². The van der Waals surface area contributed by atoms with Crippen molar-refractivity contribution in [3.8, 4) is 0 Å². The molecule has 1 aromatic carbocycles. The second-order valence-corrected chi connectivity index (χ2v) is 4.82. The SMILES string of the molecule is CC(C)C(CNC(=O)C=Cc1cccc(F)c1)C(=O)O. The van der Waals surface area contributed by atoms with Crippen molar-refractivity contribution in [1.29, 1.82) is 0 Å². The van der Waals surface area contributed by atoms with Crippen LogP contribution in [0, 0.1) is 17.7 Å². The first-order valence-electron chi connectivity index (χ1n) is 6.34. The number of hydrogen-bond donors (Lipinski definition) is 2. The predicted octanol–water partition coefficient (Wildman–Crippen LogP) is 2.31. The molecule has 5 heteroatoms. The maximum atomic E-state index is 12.9. The number of benzene rings is 1. The number of aliphatic carboxylic acids is 1. The van der Waals surface area contributed by atoms with Gasteiger partial charge in [-0.1, -0.05) is 26.0 Å². The molecule has 20 heavy (non-hydrogen) atoms. The van der Waals surface area contributed by atoms with Gasteiger partial charge in [0.2, 0.25) is 5.91 Å². The number of carbonyl (C=O) groups is 2. The van der Waals surface area contributed by atoms with Crippen LogP contribution < -0.4 is 5.32 Å². The summed E-state index contributed by atoms with van der Waals surface area (Å²) in [6, 6.07) is 5.84. The Morgan fingerprint density at radius 3 is 2.65 bits per heavy atom. The smallest absolute Gasteiger partial charge is 0.308 e. The van der Waals surface area contributed by atoms with E-state index in [-0.39, 0.29) is 18.3 Å². The molecule has 0 aliphatic rings. The van der Waals surface area contributed by atoms with Gasteiger partial charge in [-0.15, -0.1) is 0 Å². The van der Waals surface area contributed by atoms with Gasteiger partial charge < -0.3 is 10.4 Å². The second-order valence-electron chi connectivity index (χ2n) is 4.82. The Bertz CT molecular complexity index is 512. The standard InChI is InChI=1S/C15H18FNO3/c1-10(2)13(15(19)20)9-17-14(18)7-6-11-4-3-5-12(16)8-11/h3-8,10,13H,9H2,1-2H3,(H,17,18)(H,19,20). The van der Waals surface area contributed by atoms with E-state index >= 15 is 0 Å². The summed E-state index contributed by atoms with van der Waals surface area (Å²) in [7, 11) is 0. The van der Waals surface area contributed by atoms with Gasteiger partial charge in [-0.05, 0) is 29.7 Å². The molecule has 0 heterocycles. The third kappa shape index (κ3) is 5.22. The number of halogens is 1. The topological polar surface area (TPSA) is 66.4 Å². The molecule has 1 atom stereocenters. The highest BCUT2D eigenvalue weighted by Gasteiger charge is 2.21. The van der Waals surface area contributed by atoms with Gasteiger partial charge in [-0.25, -0.2) is 4.39 Å². The fourth-order valence-electron chi connectivity index (χ4n) is 1.66. The molecule has 2 N–H and O–H groups in total. The number of rotatable bonds is 6. The summed E-state index contributed by atoms with van der Waals surface area (Å²) in [6.07, 6.45) is 2.73. The largest absolute Gasteiger partial charge is 0.481 e. The van der Waals surface area contributed by atoms with Crippen molar-refractivity contribution in [1.82, 2.24) is 5.32 Å². The van der Waals surface area contributed by atoms with E-state index in [0.29, 0.717) is 5.56 Å². The molecule has 0 bridgehead atoms. The average molecular weight is 279 g/mol. The van der Waals surface area contributed by atoms with Gasteiger partial charge in [0.25, 0.3) is 0 Å². The first kappa shape index (κ1) is 15.9. The van der Waals surface area contributed by atoms with E-state index in [0.717, 1.165) is 0 Å². The number of carboxylic acid groups (broad SMARTS) is 1. The highest BCUT2D eigenvalue weighted by molar-refractivity contribution is 5.91. The van der Waals surface area contributed by atoms with Gasteiger partial charge in [0.1, 0.15) is 5.82 Å². The van der Waals surface area contributed by atoms with Crippen molar-refractivity contribution in [2.24, 2.45) is 11.8 Å². The molecule has 1 amide bonds. The highest BCUT2D eigenvalue weighted by atomic mass is 19.1. The molecule has 0 aliphatic heterocycles. The summed E-state index contributed by atoms with van der Waals surface area (Å²) in [5.41, 5.74) is 0.568. The maximum Gasteiger partial charge on any atom is 0.308 e. The maximum absolute atomic E-state index is 12.9. The first-order chi connectivity index (χ1) is 9.40. The Kier molecular flexibility index (Phi) is 5.90.